The van der Waals surface area contributed by atoms with E-state index in [1.54, 1.807) is 12.1 Å². The van der Waals surface area contributed by atoms with E-state index in [0.717, 1.165) is 11.3 Å². The third kappa shape index (κ3) is 4.92. The molecule has 7 heteroatoms. The number of nitrogens with zero attached hydrogens (tertiary/aromatic N) is 2. The first kappa shape index (κ1) is 19.9. The number of halogens is 1. The molecule has 1 aromatic heterocycles. The maximum Gasteiger partial charge on any atom is 0.320 e. The van der Waals surface area contributed by atoms with Crippen LogP contribution < -0.4 is 0 Å². The summed E-state index contributed by atoms with van der Waals surface area (Å²) in [6, 6.07) is 11.1. The minimum Gasteiger partial charge on any atom is -0.480 e. The number of aliphatic carboxylic acids is 1. The number of carboxylic acids is 1. The lowest BCUT2D eigenvalue weighted by Crippen LogP contribution is -2.35. The second-order valence-electron chi connectivity index (χ2n) is 7.02. The Morgan fingerprint density at radius 1 is 1.25 bits per heavy atom. The van der Waals surface area contributed by atoms with Gasteiger partial charge in [0, 0.05) is 25.1 Å². The zero-order chi connectivity index (χ0) is 20.1. The number of carbonyl (C=O) groups excluding carboxylic acids is 1. The highest BCUT2D eigenvalue weighted by atomic mass is 19.1. The number of likely N-dealkylation sites (tertiary alicyclic amines) is 1. The lowest BCUT2D eigenvalue weighted by molar-refractivity contribution is -0.142. The summed E-state index contributed by atoms with van der Waals surface area (Å²) >= 11 is 0. The molecule has 0 amide bonds. The molecule has 6 nitrogen and oxygen atoms in total. The monoisotopic (exact) mass is 386 g/mol. The lowest BCUT2D eigenvalue weighted by Gasteiger charge is -2.20. The van der Waals surface area contributed by atoms with Crippen LogP contribution in [0.25, 0.3) is 11.3 Å². The normalized spacial score (nSPS) is 19.5. The summed E-state index contributed by atoms with van der Waals surface area (Å²) in [4.78, 5) is 29.5. The summed E-state index contributed by atoms with van der Waals surface area (Å²) in [5, 5.41) is 9.57. The standard InChI is InChI=1S/C21H23FN2O4/c1-28-20(25)10-5-14-11-19(21(26)27)24(12-14)13-17-3-2-4-18(23-17)15-6-8-16(22)9-7-15/h2-4,6-9,14,19H,5,10-13H2,1H3,(H,26,27)/t14-,19-/m1/s1. The fourth-order valence-electron chi connectivity index (χ4n) is 3.62. The Bertz CT molecular complexity index is 841. The second-order valence-corrected chi connectivity index (χ2v) is 7.02. The molecule has 1 saturated heterocycles. The van der Waals surface area contributed by atoms with E-state index in [4.69, 9.17) is 0 Å². The lowest BCUT2D eigenvalue weighted by atomic mass is 10.00. The molecule has 1 fully saturated rings. The summed E-state index contributed by atoms with van der Waals surface area (Å²) in [7, 11) is 1.35. The molecule has 0 aliphatic carbocycles. The number of ether oxygens (including phenoxy) is 1. The molecule has 0 spiro atoms. The van der Waals surface area contributed by atoms with E-state index in [-0.39, 0.29) is 17.7 Å². The van der Waals surface area contributed by atoms with Crippen LogP contribution in [-0.4, -0.2) is 46.6 Å². The number of esters is 1. The Morgan fingerprint density at radius 2 is 2.00 bits per heavy atom. The topological polar surface area (TPSA) is 79.7 Å². The first-order chi connectivity index (χ1) is 13.5. The van der Waals surface area contributed by atoms with Crippen molar-refractivity contribution in [3.63, 3.8) is 0 Å². The van der Waals surface area contributed by atoms with Crippen LogP contribution in [0.15, 0.2) is 42.5 Å². The third-order valence-corrected chi connectivity index (χ3v) is 5.07. The van der Waals surface area contributed by atoms with Crippen LogP contribution in [-0.2, 0) is 20.9 Å². The minimum absolute atomic E-state index is 0.125. The van der Waals surface area contributed by atoms with Crippen molar-refractivity contribution in [1.29, 1.82) is 0 Å². The van der Waals surface area contributed by atoms with Crippen molar-refractivity contribution in [3.05, 3.63) is 54.0 Å². The van der Waals surface area contributed by atoms with Crippen LogP contribution in [0.4, 0.5) is 4.39 Å². The summed E-state index contributed by atoms with van der Waals surface area (Å²) in [6.45, 7) is 0.997. The van der Waals surface area contributed by atoms with E-state index < -0.39 is 12.0 Å². The van der Waals surface area contributed by atoms with Gasteiger partial charge in [0.1, 0.15) is 11.9 Å². The molecule has 2 heterocycles. The number of hydrogen-bond acceptors (Lipinski definition) is 5. The van der Waals surface area contributed by atoms with Gasteiger partial charge in [0.2, 0.25) is 0 Å². The molecule has 0 radical (unpaired) electrons. The van der Waals surface area contributed by atoms with E-state index in [0.29, 0.717) is 38.0 Å². The molecule has 148 valence electrons. The fourth-order valence-corrected chi connectivity index (χ4v) is 3.62. The maximum absolute atomic E-state index is 13.1. The van der Waals surface area contributed by atoms with Crippen molar-refractivity contribution in [1.82, 2.24) is 9.88 Å². The minimum atomic E-state index is -0.866. The van der Waals surface area contributed by atoms with Gasteiger partial charge in [-0.2, -0.15) is 0 Å². The van der Waals surface area contributed by atoms with E-state index in [9.17, 15) is 19.1 Å². The quantitative estimate of drug-likeness (QED) is 0.737. The van der Waals surface area contributed by atoms with Crippen LogP contribution in [0.1, 0.15) is 25.0 Å². The SMILES string of the molecule is COC(=O)CC[C@@H]1C[C@H](C(=O)O)N(Cc2cccc(-c3ccc(F)cc3)n2)C1. The zero-order valence-corrected chi connectivity index (χ0v) is 15.7. The fraction of sp³-hybridized carbons (Fsp3) is 0.381. The van der Waals surface area contributed by atoms with Gasteiger partial charge >= 0.3 is 11.9 Å². The first-order valence-corrected chi connectivity index (χ1v) is 9.22. The third-order valence-electron chi connectivity index (χ3n) is 5.07. The van der Waals surface area contributed by atoms with Gasteiger partial charge in [-0.25, -0.2) is 4.39 Å². The van der Waals surface area contributed by atoms with Gasteiger partial charge in [-0.15, -0.1) is 0 Å². The highest BCUT2D eigenvalue weighted by molar-refractivity contribution is 5.74. The van der Waals surface area contributed by atoms with Crippen molar-refractivity contribution in [3.8, 4) is 11.3 Å². The number of hydrogen-bond donors (Lipinski definition) is 1. The van der Waals surface area contributed by atoms with Gasteiger partial charge in [-0.3, -0.25) is 19.5 Å². The van der Waals surface area contributed by atoms with Gasteiger partial charge in [-0.1, -0.05) is 6.07 Å². The smallest absolute Gasteiger partial charge is 0.320 e. The van der Waals surface area contributed by atoms with Gasteiger partial charge < -0.3 is 9.84 Å². The number of pyridine rings is 1. The Balaban J connectivity index is 1.70. The van der Waals surface area contributed by atoms with E-state index in [2.05, 4.69) is 9.72 Å². The van der Waals surface area contributed by atoms with Crippen LogP contribution in [0, 0.1) is 11.7 Å². The predicted molar refractivity (Wildman–Crippen MR) is 101 cm³/mol. The Hall–Kier alpha value is -2.80. The molecule has 2 aromatic rings. The first-order valence-electron chi connectivity index (χ1n) is 9.22. The number of carbonyl (C=O) groups is 2. The summed E-state index contributed by atoms with van der Waals surface area (Å²) < 4.78 is 17.8. The molecule has 3 rings (SSSR count). The van der Waals surface area contributed by atoms with Gasteiger partial charge in [0.15, 0.2) is 0 Å². The number of carboxylic acid groups (broad SMARTS) is 1. The molecular formula is C21H23FN2O4. The molecule has 2 atom stereocenters. The van der Waals surface area contributed by atoms with Crippen molar-refractivity contribution in [2.45, 2.75) is 31.8 Å². The van der Waals surface area contributed by atoms with Crippen molar-refractivity contribution >= 4 is 11.9 Å². The number of benzene rings is 1. The van der Waals surface area contributed by atoms with Gasteiger partial charge in [0.05, 0.1) is 18.5 Å². The van der Waals surface area contributed by atoms with Crippen molar-refractivity contribution in [2.24, 2.45) is 5.92 Å². The molecule has 1 aliphatic rings. The Morgan fingerprint density at radius 3 is 2.68 bits per heavy atom. The number of methoxy groups -OCH3 is 1. The van der Waals surface area contributed by atoms with Crippen LogP contribution in [0.5, 0.6) is 0 Å². The van der Waals surface area contributed by atoms with Gasteiger partial charge in [0.25, 0.3) is 0 Å². The summed E-state index contributed by atoms with van der Waals surface area (Å²) in [5.74, 6) is -1.33. The molecule has 1 aromatic carbocycles. The number of aromatic nitrogens is 1. The van der Waals surface area contributed by atoms with Crippen molar-refractivity contribution in [2.75, 3.05) is 13.7 Å². The largest absolute Gasteiger partial charge is 0.480 e. The van der Waals surface area contributed by atoms with Crippen LogP contribution in [0.2, 0.25) is 0 Å². The molecule has 0 unspecified atom stereocenters. The molecule has 1 N–H and O–H groups in total. The Kier molecular flexibility index (Phi) is 6.36. The molecule has 0 saturated carbocycles. The van der Waals surface area contributed by atoms with E-state index in [1.807, 2.05) is 23.1 Å². The molecule has 0 bridgehead atoms. The van der Waals surface area contributed by atoms with Crippen LogP contribution in [0.3, 0.4) is 0 Å². The highest BCUT2D eigenvalue weighted by Crippen LogP contribution is 2.29. The molecule has 1 aliphatic heterocycles. The highest BCUT2D eigenvalue weighted by Gasteiger charge is 2.36. The number of rotatable bonds is 7. The van der Waals surface area contributed by atoms with Crippen molar-refractivity contribution < 1.29 is 23.8 Å². The zero-order valence-electron chi connectivity index (χ0n) is 15.7. The van der Waals surface area contributed by atoms with Gasteiger partial charge in [-0.05, 0) is 55.2 Å². The summed E-state index contributed by atoms with van der Waals surface area (Å²) in [6.07, 6.45) is 1.40. The average molecular weight is 386 g/mol. The Labute approximate surface area is 163 Å². The molecule has 28 heavy (non-hydrogen) atoms. The maximum atomic E-state index is 13.1. The second kappa shape index (κ2) is 8.93. The van der Waals surface area contributed by atoms with Crippen LogP contribution >= 0.6 is 0 Å². The molecular weight excluding hydrogens is 363 g/mol. The summed E-state index contributed by atoms with van der Waals surface area (Å²) in [5.41, 5.74) is 2.27. The average Bonchev–Trinajstić information content (AvgIpc) is 3.10. The predicted octanol–water partition coefficient (Wildman–Crippen LogP) is 3.12. The van der Waals surface area contributed by atoms with E-state index >= 15 is 0 Å². The van der Waals surface area contributed by atoms with E-state index in [1.165, 1.54) is 19.2 Å².